The summed E-state index contributed by atoms with van der Waals surface area (Å²) in [6.45, 7) is 0. The molecule has 1 aliphatic carbocycles. The van der Waals surface area contributed by atoms with Gasteiger partial charge >= 0.3 is 0 Å². The molecule has 0 aromatic heterocycles. The van der Waals surface area contributed by atoms with E-state index in [1.165, 1.54) is 13.2 Å². The second kappa shape index (κ2) is 6.74. The molecule has 2 aromatic carbocycles. The van der Waals surface area contributed by atoms with E-state index < -0.39 is 0 Å². The van der Waals surface area contributed by atoms with Crippen LogP contribution in [0, 0.1) is 0 Å². The summed E-state index contributed by atoms with van der Waals surface area (Å²) < 4.78 is 5.04. The molecular weight excluding hydrogens is 306 g/mol. The Bertz CT molecular complexity index is 798. The number of aromatic hydroxyl groups is 1. The van der Waals surface area contributed by atoms with Gasteiger partial charge in [0.1, 0.15) is 0 Å². The monoisotopic (exact) mass is 325 g/mol. The molecule has 0 bridgehead atoms. The number of rotatable bonds is 4. The highest BCUT2D eigenvalue weighted by atomic mass is 16.5. The Morgan fingerprint density at radius 1 is 1.21 bits per heavy atom. The van der Waals surface area contributed by atoms with Crippen molar-refractivity contribution in [2.75, 3.05) is 12.4 Å². The molecule has 24 heavy (non-hydrogen) atoms. The molecule has 0 unspecified atom stereocenters. The van der Waals surface area contributed by atoms with Crippen molar-refractivity contribution in [3.05, 3.63) is 53.1 Å². The molecule has 0 saturated heterocycles. The molecule has 0 spiro atoms. The molecular formula is C19H19NO4. The average Bonchev–Trinajstić information content (AvgIpc) is 2.57. The van der Waals surface area contributed by atoms with E-state index in [1.54, 1.807) is 18.2 Å². The molecule has 0 fully saturated rings. The third-order valence-corrected chi connectivity index (χ3v) is 4.15. The number of ether oxygens (including phenoxy) is 1. The van der Waals surface area contributed by atoms with Gasteiger partial charge in [-0.3, -0.25) is 9.59 Å². The molecule has 0 atom stereocenters. The van der Waals surface area contributed by atoms with Gasteiger partial charge in [0.15, 0.2) is 17.3 Å². The fraction of sp³-hybridized carbons (Fsp3) is 0.263. The van der Waals surface area contributed by atoms with Crippen LogP contribution in [0.4, 0.5) is 5.69 Å². The number of phenols is 1. The van der Waals surface area contributed by atoms with Gasteiger partial charge in [-0.1, -0.05) is 12.1 Å². The van der Waals surface area contributed by atoms with Crippen molar-refractivity contribution in [3.63, 3.8) is 0 Å². The molecule has 3 rings (SSSR count). The van der Waals surface area contributed by atoms with Crippen LogP contribution in [0.25, 0.3) is 0 Å². The van der Waals surface area contributed by atoms with E-state index >= 15 is 0 Å². The summed E-state index contributed by atoms with van der Waals surface area (Å²) >= 11 is 0. The maximum atomic E-state index is 12.2. The number of carbonyl (C=O) groups excluding carboxylic acids is 2. The highest BCUT2D eigenvalue weighted by Gasteiger charge is 2.17. The third-order valence-electron chi connectivity index (χ3n) is 4.15. The van der Waals surface area contributed by atoms with Crippen molar-refractivity contribution in [3.8, 4) is 11.5 Å². The summed E-state index contributed by atoms with van der Waals surface area (Å²) in [4.78, 5) is 24.2. The first-order chi connectivity index (χ1) is 11.6. The van der Waals surface area contributed by atoms with E-state index in [0.29, 0.717) is 23.4 Å². The zero-order valence-electron chi connectivity index (χ0n) is 13.5. The lowest BCUT2D eigenvalue weighted by atomic mass is 9.90. The highest BCUT2D eigenvalue weighted by Crippen LogP contribution is 2.27. The fourth-order valence-electron chi connectivity index (χ4n) is 2.93. The van der Waals surface area contributed by atoms with E-state index in [-0.39, 0.29) is 23.9 Å². The minimum absolute atomic E-state index is 0.0369. The van der Waals surface area contributed by atoms with Crippen LogP contribution < -0.4 is 10.1 Å². The maximum absolute atomic E-state index is 12.2. The number of phenolic OH excluding ortho intramolecular Hbond substituents is 1. The topological polar surface area (TPSA) is 75.6 Å². The Morgan fingerprint density at radius 2 is 2.04 bits per heavy atom. The van der Waals surface area contributed by atoms with Crippen molar-refractivity contribution in [1.29, 1.82) is 0 Å². The number of aryl methyl sites for hydroxylation is 1. The fourth-order valence-corrected chi connectivity index (χ4v) is 2.93. The van der Waals surface area contributed by atoms with Gasteiger partial charge in [-0.15, -0.1) is 0 Å². The predicted molar refractivity (Wildman–Crippen MR) is 90.7 cm³/mol. The number of hydrogen-bond acceptors (Lipinski definition) is 4. The zero-order valence-corrected chi connectivity index (χ0v) is 13.5. The van der Waals surface area contributed by atoms with Crippen LogP contribution in [-0.4, -0.2) is 23.9 Å². The molecule has 5 nitrogen and oxygen atoms in total. The second-order valence-electron chi connectivity index (χ2n) is 5.88. The second-order valence-corrected chi connectivity index (χ2v) is 5.88. The summed E-state index contributed by atoms with van der Waals surface area (Å²) in [6.07, 6.45) is 2.52. The van der Waals surface area contributed by atoms with E-state index in [4.69, 9.17) is 4.74 Å². The number of fused-ring (bicyclic) bond motifs is 1. The first-order valence-electron chi connectivity index (χ1n) is 7.88. The number of benzene rings is 2. The van der Waals surface area contributed by atoms with Crippen LogP contribution in [0.1, 0.15) is 34.3 Å². The SMILES string of the molecule is COc1cc(CC(=O)Nc2ccc3c(c2)C(=O)CCC3)ccc1O. The molecule has 0 radical (unpaired) electrons. The van der Waals surface area contributed by atoms with Crippen molar-refractivity contribution in [2.45, 2.75) is 25.7 Å². The Morgan fingerprint density at radius 3 is 2.83 bits per heavy atom. The van der Waals surface area contributed by atoms with Crippen LogP contribution >= 0.6 is 0 Å². The molecule has 0 heterocycles. The normalized spacial score (nSPS) is 13.3. The van der Waals surface area contributed by atoms with Gasteiger partial charge in [-0.2, -0.15) is 0 Å². The first-order valence-corrected chi connectivity index (χ1v) is 7.88. The summed E-state index contributed by atoms with van der Waals surface area (Å²) in [7, 11) is 1.46. The van der Waals surface area contributed by atoms with Crippen LogP contribution in [0.5, 0.6) is 11.5 Å². The molecule has 124 valence electrons. The Labute approximate surface area is 140 Å². The molecule has 5 heteroatoms. The standard InChI is InChI=1S/C19H19NO4/c1-24-18-9-12(5-8-17(18)22)10-19(23)20-14-7-6-13-3-2-4-16(21)15(13)11-14/h5-9,11,22H,2-4,10H2,1H3,(H,20,23). The highest BCUT2D eigenvalue weighted by molar-refractivity contribution is 6.00. The minimum Gasteiger partial charge on any atom is -0.504 e. The van der Waals surface area contributed by atoms with Gasteiger partial charge in [0, 0.05) is 17.7 Å². The van der Waals surface area contributed by atoms with Crippen molar-refractivity contribution >= 4 is 17.4 Å². The molecule has 0 saturated carbocycles. The lowest BCUT2D eigenvalue weighted by Crippen LogP contribution is -2.16. The van der Waals surface area contributed by atoms with Crippen LogP contribution in [0.3, 0.4) is 0 Å². The van der Waals surface area contributed by atoms with Crippen LogP contribution in [0.2, 0.25) is 0 Å². The largest absolute Gasteiger partial charge is 0.504 e. The van der Waals surface area contributed by atoms with Gasteiger partial charge in [-0.25, -0.2) is 0 Å². The zero-order chi connectivity index (χ0) is 17.1. The smallest absolute Gasteiger partial charge is 0.228 e. The van der Waals surface area contributed by atoms with Crippen LogP contribution in [0.15, 0.2) is 36.4 Å². The number of methoxy groups -OCH3 is 1. The lowest BCUT2D eigenvalue weighted by Gasteiger charge is -2.16. The number of Topliss-reactive ketones (excluding diaryl/α,β-unsaturated/α-hetero) is 1. The third kappa shape index (κ3) is 3.40. The van der Waals surface area contributed by atoms with Gasteiger partial charge in [-0.05, 0) is 48.2 Å². The molecule has 1 aliphatic rings. The number of amides is 1. The average molecular weight is 325 g/mol. The number of hydrogen-bond donors (Lipinski definition) is 2. The van der Waals surface area contributed by atoms with E-state index in [2.05, 4.69) is 5.32 Å². The minimum atomic E-state index is -0.189. The van der Waals surface area contributed by atoms with Crippen molar-refractivity contribution in [1.82, 2.24) is 0 Å². The molecule has 2 aromatic rings. The van der Waals surface area contributed by atoms with Crippen LogP contribution in [-0.2, 0) is 17.6 Å². The van der Waals surface area contributed by atoms with Crippen molar-refractivity contribution in [2.24, 2.45) is 0 Å². The number of carbonyl (C=O) groups is 2. The maximum Gasteiger partial charge on any atom is 0.228 e. The van der Waals surface area contributed by atoms with E-state index in [0.717, 1.165) is 24.0 Å². The number of nitrogens with one attached hydrogen (secondary N) is 1. The summed E-state index contributed by atoms with van der Waals surface area (Å²) in [5.74, 6) is 0.316. The number of anilines is 1. The van der Waals surface area contributed by atoms with Gasteiger partial charge in [0.2, 0.25) is 5.91 Å². The quantitative estimate of drug-likeness (QED) is 0.906. The van der Waals surface area contributed by atoms with E-state index in [1.807, 2.05) is 12.1 Å². The Balaban J connectivity index is 1.71. The summed E-state index contributed by atoms with van der Waals surface area (Å²) in [6, 6.07) is 10.3. The van der Waals surface area contributed by atoms with Crippen molar-refractivity contribution < 1.29 is 19.4 Å². The Kier molecular flexibility index (Phi) is 4.51. The van der Waals surface area contributed by atoms with Gasteiger partial charge < -0.3 is 15.2 Å². The first kappa shape index (κ1) is 16.1. The molecule has 2 N–H and O–H groups in total. The summed E-state index contributed by atoms with van der Waals surface area (Å²) in [5.41, 5.74) is 3.12. The van der Waals surface area contributed by atoms with Gasteiger partial charge in [0.05, 0.1) is 13.5 Å². The summed E-state index contributed by atoms with van der Waals surface area (Å²) in [5, 5.41) is 12.4. The van der Waals surface area contributed by atoms with E-state index in [9.17, 15) is 14.7 Å². The Hall–Kier alpha value is -2.82. The number of ketones is 1. The predicted octanol–water partition coefficient (Wildman–Crippen LogP) is 3.10. The van der Waals surface area contributed by atoms with Gasteiger partial charge in [0.25, 0.3) is 0 Å². The molecule has 1 amide bonds. The lowest BCUT2D eigenvalue weighted by molar-refractivity contribution is -0.115. The molecule has 0 aliphatic heterocycles.